The van der Waals surface area contributed by atoms with E-state index in [0.29, 0.717) is 17.3 Å². The number of halogens is 1. The zero-order chi connectivity index (χ0) is 17.4. The first-order valence-electron chi connectivity index (χ1n) is 7.44. The lowest BCUT2D eigenvalue weighted by molar-refractivity contribution is -0.123. The Bertz CT molecular complexity index is 660. The monoisotopic (exact) mass is 349 g/mol. The van der Waals surface area contributed by atoms with Crippen molar-refractivity contribution < 1.29 is 19.0 Å². The Hall–Kier alpha value is -2.24. The molecule has 0 spiro atoms. The van der Waals surface area contributed by atoms with Crippen LogP contribution in [0.5, 0.6) is 11.5 Å². The summed E-state index contributed by atoms with van der Waals surface area (Å²) in [5.74, 6) is 1.10. The Morgan fingerprint density at radius 2 is 1.88 bits per heavy atom. The highest BCUT2D eigenvalue weighted by molar-refractivity contribution is 6.30. The van der Waals surface area contributed by atoms with Crippen molar-refractivity contribution in [2.45, 2.75) is 6.10 Å². The molecule has 0 radical (unpaired) electrons. The predicted octanol–water partition coefficient (Wildman–Crippen LogP) is 3.23. The van der Waals surface area contributed by atoms with Gasteiger partial charge >= 0.3 is 0 Å². The van der Waals surface area contributed by atoms with Crippen LogP contribution in [-0.4, -0.2) is 33.3 Å². The summed E-state index contributed by atoms with van der Waals surface area (Å²) in [7, 11) is 3.21. The fourth-order valence-electron chi connectivity index (χ4n) is 2.12. The fraction of sp³-hybridized carbons (Fsp3) is 0.278. The molecule has 24 heavy (non-hydrogen) atoms. The third kappa shape index (κ3) is 5.44. The van der Waals surface area contributed by atoms with Crippen LogP contribution in [0.4, 0.5) is 0 Å². The quantitative estimate of drug-likeness (QED) is 0.795. The minimum Gasteiger partial charge on any atom is -0.497 e. The molecule has 0 aromatic heterocycles. The second-order valence-corrected chi connectivity index (χ2v) is 5.48. The highest BCUT2D eigenvalue weighted by Gasteiger charge is 2.13. The van der Waals surface area contributed by atoms with Crippen molar-refractivity contribution in [1.29, 1.82) is 0 Å². The molecule has 0 bridgehead atoms. The number of ether oxygens (including phenoxy) is 3. The highest BCUT2D eigenvalue weighted by Crippen LogP contribution is 2.21. The zero-order valence-corrected chi connectivity index (χ0v) is 14.4. The van der Waals surface area contributed by atoms with Crippen molar-refractivity contribution in [1.82, 2.24) is 5.32 Å². The van der Waals surface area contributed by atoms with Crippen LogP contribution in [0.3, 0.4) is 0 Å². The number of amides is 1. The van der Waals surface area contributed by atoms with Crippen molar-refractivity contribution >= 4 is 17.5 Å². The first kappa shape index (κ1) is 18.1. The van der Waals surface area contributed by atoms with Gasteiger partial charge in [-0.3, -0.25) is 4.79 Å². The van der Waals surface area contributed by atoms with Crippen molar-refractivity contribution in [2.24, 2.45) is 0 Å². The number of hydrogen-bond donors (Lipinski definition) is 1. The second-order valence-electron chi connectivity index (χ2n) is 5.05. The van der Waals surface area contributed by atoms with Gasteiger partial charge < -0.3 is 19.5 Å². The SMILES string of the molecule is COc1cccc(C(CNC(=O)COc2ccc(Cl)cc2)OC)c1. The van der Waals surface area contributed by atoms with E-state index >= 15 is 0 Å². The van der Waals surface area contributed by atoms with E-state index in [1.54, 1.807) is 38.5 Å². The number of benzene rings is 2. The van der Waals surface area contributed by atoms with Gasteiger partial charge in [0.2, 0.25) is 0 Å². The summed E-state index contributed by atoms with van der Waals surface area (Å²) >= 11 is 5.80. The van der Waals surface area contributed by atoms with Gasteiger partial charge in [0.05, 0.1) is 13.2 Å². The molecule has 128 valence electrons. The van der Waals surface area contributed by atoms with E-state index in [1.807, 2.05) is 24.3 Å². The van der Waals surface area contributed by atoms with Gasteiger partial charge in [-0.25, -0.2) is 0 Å². The number of methoxy groups -OCH3 is 2. The van der Waals surface area contributed by atoms with Crippen LogP contribution < -0.4 is 14.8 Å². The third-order valence-electron chi connectivity index (χ3n) is 3.42. The zero-order valence-electron chi connectivity index (χ0n) is 13.6. The van der Waals surface area contributed by atoms with Crippen molar-refractivity contribution in [3.8, 4) is 11.5 Å². The smallest absolute Gasteiger partial charge is 0.258 e. The maximum absolute atomic E-state index is 11.9. The van der Waals surface area contributed by atoms with Crippen LogP contribution in [0.1, 0.15) is 11.7 Å². The van der Waals surface area contributed by atoms with E-state index in [2.05, 4.69) is 5.32 Å². The Balaban J connectivity index is 1.83. The average Bonchev–Trinajstić information content (AvgIpc) is 2.62. The van der Waals surface area contributed by atoms with Crippen LogP contribution >= 0.6 is 11.6 Å². The summed E-state index contributed by atoms with van der Waals surface area (Å²) in [6.07, 6.45) is -0.264. The minimum absolute atomic E-state index is 0.0732. The van der Waals surface area contributed by atoms with Crippen molar-refractivity contribution in [3.63, 3.8) is 0 Å². The summed E-state index contributed by atoms with van der Waals surface area (Å²) in [5.41, 5.74) is 0.927. The largest absolute Gasteiger partial charge is 0.497 e. The Morgan fingerprint density at radius 1 is 1.12 bits per heavy atom. The maximum atomic E-state index is 11.9. The molecule has 1 unspecified atom stereocenters. The van der Waals surface area contributed by atoms with Crippen LogP contribution in [0.15, 0.2) is 48.5 Å². The first-order valence-corrected chi connectivity index (χ1v) is 7.82. The summed E-state index contributed by atoms with van der Waals surface area (Å²) in [5, 5.41) is 3.41. The summed E-state index contributed by atoms with van der Waals surface area (Å²) in [6, 6.07) is 14.4. The van der Waals surface area contributed by atoms with Crippen LogP contribution in [0.25, 0.3) is 0 Å². The van der Waals surface area contributed by atoms with Gasteiger partial charge in [0.1, 0.15) is 11.5 Å². The minimum atomic E-state index is -0.264. The van der Waals surface area contributed by atoms with Gasteiger partial charge in [-0.2, -0.15) is 0 Å². The molecule has 5 nitrogen and oxygen atoms in total. The average molecular weight is 350 g/mol. The molecule has 1 amide bonds. The van der Waals surface area contributed by atoms with E-state index < -0.39 is 0 Å². The van der Waals surface area contributed by atoms with Gasteiger partial charge in [-0.05, 0) is 42.0 Å². The lowest BCUT2D eigenvalue weighted by Gasteiger charge is -2.17. The van der Waals surface area contributed by atoms with Gasteiger partial charge in [0.25, 0.3) is 5.91 Å². The number of carbonyl (C=O) groups is 1. The van der Waals surface area contributed by atoms with Crippen LogP contribution in [0.2, 0.25) is 5.02 Å². The van der Waals surface area contributed by atoms with E-state index in [-0.39, 0.29) is 18.6 Å². The molecule has 6 heteroatoms. The topological polar surface area (TPSA) is 56.8 Å². The molecule has 0 heterocycles. The number of rotatable bonds is 8. The molecule has 0 aliphatic heterocycles. The third-order valence-corrected chi connectivity index (χ3v) is 3.67. The van der Waals surface area contributed by atoms with E-state index in [4.69, 9.17) is 25.8 Å². The molecule has 2 aromatic carbocycles. The molecule has 1 N–H and O–H groups in total. The number of nitrogens with one attached hydrogen (secondary N) is 1. The van der Waals surface area contributed by atoms with Crippen LogP contribution in [-0.2, 0) is 9.53 Å². The van der Waals surface area contributed by atoms with Gasteiger partial charge in [0.15, 0.2) is 6.61 Å². The van der Waals surface area contributed by atoms with Gasteiger partial charge in [0, 0.05) is 18.7 Å². The number of hydrogen-bond acceptors (Lipinski definition) is 4. The standard InChI is InChI=1S/C18H20ClNO4/c1-22-16-5-3-4-13(10-16)17(23-2)11-20-18(21)12-24-15-8-6-14(19)7-9-15/h3-10,17H,11-12H2,1-2H3,(H,20,21). The molecule has 0 aliphatic carbocycles. The maximum Gasteiger partial charge on any atom is 0.258 e. The molecular formula is C18H20ClNO4. The second kappa shape index (κ2) is 9.15. The lowest BCUT2D eigenvalue weighted by Crippen LogP contribution is -2.33. The van der Waals surface area contributed by atoms with E-state index in [9.17, 15) is 4.79 Å². The molecular weight excluding hydrogens is 330 g/mol. The fourth-order valence-corrected chi connectivity index (χ4v) is 2.24. The molecule has 0 saturated carbocycles. The Morgan fingerprint density at radius 3 is 2.54 bits per heavy atom. The van der Waals surface area contributed by atoms with Gasteiger partial charge in [-0.1, -0.05) is 23.7 Å². The summed E-state index contributed by atoms with van der Waals surface area (Å²) in [4.78, 5) is 11.9. The van der Waals surface area contributed by atoms with E-state index in [1.165, 1.54) is 0 Å². The number of carbonyl (C=O) groups excluding carboxylic acids is 1. The molecule has 2 aromatic rings. The van der Waals surface area contributed by atoms with Crippen molar-refractivity contribution in [3.05, 3.63) is 59.1 Å². The molecule has 0 aliphatic rings. The Kier molecular flexibility index (Phi) is 6.90. The van der Waals surface area contributed by atoms with Crippen molar-refractivity contribution in [2.75, 3.05) is 27.4 Å². The highest BCUT2D eigenvalue weighted by atomic mass is 35.5. The predicted molar refractivity (Wildman–Crippen MR) is 92.7 cm³/mol. The molecule has 1 atom stereocenters. The van der Waals surface area contributed by atoms with Gasteiger partial charge in [-0.15, -0.1) is 0 Å². The van der Waals surface area contributed by atoms with E-state index in [0.717, 1.165) is 11.3 Å². The molecule has 0 fully saturated rings. The normalized spacial score (nSPS) is 11.6. The lowest BCUT2D eigenvalue weighted by atomic mass is 10.1. The molecule has 0 saturated heterocycles. The summed E-state index contributed by atoms with van der Waals surface area (Å²) < 4.78 is 16.0. The summed E-state index contributed by atoms with van der Waals surface area (Å²) in [6.45, 7) is 0.267. The first-order chi connectivity index (χ1) is 11.6. The molecule has 2 rings (SSSR count). The Labute approximate surface area is 146 Å². The van der Waals surface area contributed by atoms with Crippen LogP contribution in [0, 0.1) is 0 Å².